The molecule has 0 aliphatic carbocycles. The Kier molecular flexibility index (Phi) is 3.66. The summed E-state index contributed by atoms with van der Waals surface area (Å²) in [6.45, 7) is 3.62. The SMILES string of the molecule is C/C(=N\NC(=O)c1ccco1)c1cc(C)ccc1O. The number of carbonyl (C=O) groups is 1. The molecule has 2 N–H and O–H groups in total. The van der Waals surface area contributed by atoms with E-state index in [-0.39, 0.29) is 11.5 Å². The summed E-state index contributed by atoms with van der Waals surface area (Å²) >= 11 is 0. The molecule has 1 aromatic heterocycles. The van der Waals surface area contributed by atoms with Crippen LogP contribution in [0.1, 0.15) is 28.6 Å². The van der Waals surface area contributed by atoms with Crippen LogP contribution in [0.4, 0.5) is 0 Å². The van der Waals surface area contributed by atoms with E-state index in [2.05, 4.69) is 10.5 Å². The van der Waals surface area contributed by atoms with Crippen molar-refractivity contribution in [3.8, 4) is 5.75 Å². The van der Waals surface area contributed by atoms with Gasteiger partial charge in [-0.1, -0.05) is 11.6 Å². The molecule has 1 aromatic carbocycles. The highest BCUT2D eigenvalue weighted by Gasteiger charge is 2.09. The normalized spacial score (nSPS) is 11.4. The second-order valence-corrected chi connectivity index (χ2v) is 4.14. The Bertz CT molecular complexity index is 616. The number of aromatic hydroxyl groups is 1. The molecule has 0 fully saturated rings. The number of hydrogen-bond donors (Lipinski definition) is 2. The minimum absolute atomic E-state index is 0.124. The zero-order chi connectivity index (χ0) is 13.8. The van der Waals surface area contributed by atoms with Gasteiger partial charge in [-0.05, 0) is 38.1 Å². The van der Waals surface area contributed by atoms with Gasteiger partial charge in [0.25, 0.3) is 0 Å². The fourth-order valence-corrected chi connectivity index (χ4v) is 1.60. The van der Waals surface area contributed by atoms with Crippen LogP contribution in [0.5, 0.6) is 5.75 Å². The van der Waals surface area contributed by atoms with Crippen LogP contribution in [0, 0.1) is 6.92 Å². The van der Waals surface area contributed by atoms with E-state index in [1.165, 1.54) is 6.26 Å². The molecular weight excluding hydrogens is 244 g/mol. The van der Waals surface area contributed by atoms with E-state index in [9.17, 15) is 9.90 Å². The van der Waals surface area contributed by atoms with Gasteiger partial charge in [0.2, 0.25) is 0 Å². The smallest absolute Gasteiger partial charge is 0.307 e. The maximum absolute atomic E-state index is 11.6. The number of phenols is 1. The summed E-state index contributed by atoms with van der Waals surface area (Å²) < 4.78 is 4.95. The Morgan fingerprint density at radius 3 is 2.84 bits per heavy atom. The van der Waals surface area contributed by atoms with Crippen LogP contribution in [0.15, 0.2) is 46.1 Å². The van der Waals surface area contributed by atoms with Crippen LogP contribution in [0.2, 0.25) is 0 Å². The van der Waals surface area contributed by atoms with Crippen molar-refractivity contribution >= 4 is 11.6 Å². The third-order valence-electron chi connectivity index (χ3n) is 2.61. The molecular formula is C14H14N2O3. The molecule has 0 unspecified atom stereocenters. The van der Waals surface area contributed by atoms with E-state index in [0.717, 1.165) is 5.56 Å². The number of furan rings is 1. The number of benzene rings is 1. The number of hydrogen-bond acceptors (Lipinski definition) is 4. The summed E-state index contributed by atoms with van der Waals surface area (Å²) in [4.78, 5) is 11.6. The molecule has 0 atom stereocenters. The van der Waals surface area contributed by atoms with Crippen molar-refractivity contribution in [2.75, 3.05) is 0 Å². The highest BCUT2D eigenvalue weighted by atomic mass is 16.3. The average molecular weight is 258 g/mol. The molecule has 0 spiro atoms. The Balaban J connectivity index is 2.15. The molecule has 5 nitrogen and oxygen atoms in total. The number of nitrogens with zero attached hydrogens (tertiary/aromatic N) is 1. The molecule has 0 aliphatic rings. The molecule has 98 valence electrons. The lowest BCUT2D eigenvalue weighted by Crippen LogP contribution is -2.18. The van der Waals surface area contributed by atoms with E-state index < -0.39 is 5.91 Å². The number of phenolic OH excluding ortho intramolecular Hbond substituents is 1. The highest BCUT2D eigenvalue weighted by Crippen LogP contribution is 2.18. The molecule has 0 radical (unpaired) electrons. The third kappa shape index (κ3) is 3.01. The minimum Gasteiger partial charge on any atom is -0.507 e. The zero-order valence-corrected chi connectivity index (χ0v) is 10.7. The second-order valence-electron chi connectivity index (χ2n) is 4.14. The molecule has 1 amide bonds. The van der Waals surface area contributed by atoms with Gasteiger partial charge in [-0.25, -0.2) is 5.43 Å². The standard InChI is InChI=1S/C14H14N2O3/c1-9-5-6-12(17)11(8-9)10(2)15-16-14(18)13-4-3-7-19-13/h3-8,17H,1-2H3,(H,16,18)/b15-10+. The third-order valence-corrected chi connectivity index (χ3v) is 2.61. The van der Waals surface area contributed by atoms with Gasteiger partial charge in [0.1, 0.15) is 5.75 Å². The number of hydrazone groups is 1. The maximum Gasteiger partial charge on any atom is 0.307 e. The van der Waals surface area contributed by atoms with Crippen molar-refractivity contribution in [3.05, 3.63) is 53.5 Å². The largest absolute Gasteiger partial charge is 0.507 e. The molecule has 5 heteroatoms. The van der Waals surface area contributed by atoms with Crippen molar-refractivity contribution in [2.24, 2.45) is 5.10 Å². The van der Waals surface area contributed by atoms with Crippen LogP contribution in [0.25, 0.3) is 0 Å². The lowest BCUT2D eigenvalue weighted by atomic mass is 10.1. The van der Waals surface area contributed by atoms with Crippen molar-refractivity contribution in [2.45, 2.75) is 13.8 Å². The number of nitrogens with one attached hydrogen (secondary N) is 1. The van der Waals surface area contributed by atoms with Gasteiger partial charge < -0.3 is 9.52 Å². The van der Waals surface area contributed by atoms with Gasteiger partial charge in [-0.15, -0.1) is 0 Å². The van der Waals surface area contributed by atoms with Gasteiger partial charge in [0, 0.05) is 5.56 Å². The van der Waals surface area contributed by atoms with Crippen molar-refractivity contribution in [3.63, 3.8) is 0 Å². The van der Waals surface area contributed by atoms with Crippen molar-refractivity contribution < 1.29 is 14.3 Å². The van der Waals surface area contributed by atoms with Crippen molar-refractivity contribution in [1.82, 2.24) is 5.43 Å². The number of carbonyl (C=O) groups excluding carboxylic acids is 1. The van der Waals surface area contributed by atoms with Crippen LogP contribution < -0.4 is 5.43 Å². The first-order valence-electron chi connectivity index (χ1n) is 5.76. The number of rotatable bonds is 3. The van der Waals surface area contributed by atoms with Gasteiger partial charge in [0.15, 0.2) is 5.76 Å². The number of amides is 1. The Labute approximate surface area is 110 Å². The van der Waals surface area contributed by atoms with E-state index in [0.29, 0.717) is 11.3 Å². The summed E-state index contributed by atoms with van der Waals surface area (Å²) in [5.74, 6) is -0.124. The van der Waals surface area contributed by atoms with E-state index in [1.807, 2.05) is 6.92 Å². The molecule has 0 saturated heterocycles. The monoisotopic (exact) mass is 258 g/mol. The van der Waals surface area contributed by atoms with E-state index >= 15 is 0 Å². The second kappa shape index (κ2) is 5.39. The van der Waals surface area contributed by atoms with Crippen molar-refractivity contribution in [1.29, 1.82) is 0 Å². The first-order valence-corrected chi connectivity index (χ1v) is 5.76. The topological polar surface area (TPSA) is 74.8 Å². The van der Waals surface area contributed by atoms with Crippen LogP contribution in [-0.4, -0.2) is 16.7 Å². The quantitative estimate of drug-likeness (QED) is 0.656. The predicted molar refractivity (Wildman–Crippen MR) is 71.2 cm³/mol. The summed E-state index contributed by atoms with van der Waals surface area (Å²) in [6.07, 6.45) is 1.41. The van der Waals surface area contributed by atoms with E-state index in [4.69, 9.17) is 4.42 Å². The van der Waals surface area contributed by atoms with Gasteiger partial charge in [0.05, 0.1) is 12.0 Å². The molecule has 19 heavy (non-hydrogen) atoms. The lowest BCUT2D eigenvalue weighted by molar-refractivity contribution is 0.0927. The maximum atomic E-state index is 11.6. The summed E-state index contributed by atoms with van der Waals surface area (Å²) in [6, 6.07) is 8.36. The molecule has 2 rings (SSSR count). The molecule has 1 heterocycles. The Morgan fingerprint density at radius 1 is 1.37 bits per heavy atom. The molecule has 0 bridgehead atoms. The lowest BCUT2D eigenvalue weighted by Gasteiger charge is -2.05. The zero-order valence-electron chi connectivity index (χ0n) is 10.7. The first-order chi connectivity index (χ1) is 9.08. The van der Waals surface area contributed by atoms with E-state index in [1.54, 1.807) is 37.3 Å². The molecule has 2 aromatic rings. The number of aryl methyl sites for hydroxylation is 1. The Hall–Kier alpha value is -2.56. The van der Waals surface area contributed by atoms with Gasteiger partial charge >= 0.3 is 5.91 Å². The summed E-state index contributed by atoms with van der Waals surface area (Å²) in [7, 11) is 0. The van der Waals surface area contributed by atoms with Crippen LogP contribution >= 0.6 is 0 Å². The van der Waals surface area contributed by atoms with Gasteiger partial charge in [-0.3, -0.25) is 4.79 Å². The average Bonchev–Trinajstić information content (AvgIpc) is 2.92. The summed E-state index contributed by atoms with van der Waals surface area (Å²) in [5.41, 5.74) is 4.47. The predicted octanol–water partition coefficient (Wildman–Crippen LogP) is 2.45. The highest BCUT2D eigenvalue weighted by molar-refractivity contribution is 6.02. The Morgan fingerprint density at radius 2 is 2.16 bits per heavy atom. The summed E-state index contributed by atoms with van der Waals surface area (Å²) in [5, 5.41) is 13.7. The first kappa shape index (κ1) is 12.9. The minimum atomic E-state index is -0.434. The fraction of sp³-hybridized carbons (Fsp3) is 0.143. The van der Waals surface area contributed by atoms with Crippen LogP contribution in [-0.2, 0) is 0 Å². The van der Waals surface area contributed by atoms with Gasteiger partial charge in [-0.2, -0.15) is 5.10 Å². The van der Waals surface area contributed by atoms with Crippen LogP contribution in [0.3, 0.4) is 0 Å². The molecule has 0 aliphatic heterocycles. The fourth-order valence-electron chi connectivity index (χ4n) is 1.60. The molecule has 0 saturated carbocycles.